The van der Waals surface area contributed by atoms with Crippen molar-refractivity contribution in [3.63, 3.8) is 0 Å². The number of benzene rings is 8. The van der Waals surface area contributed by atoms with Gasteiger partial charge in [-0.2, -0.15) is 0 Å². The minimum Gasteiger partial charge on any atom is -0.456 e. The molecule has 0 aliphatic heterocycles. The lowest BCUT2D eigenvalue weighted by molar-refractivity contribution is 0.668. The first-order chi connectivity index (χ1) is 26.7. The van der Waals surface area contributed by atoms with Crippen LogP contribution in [-0.2, 0) is 0 Å². The van der Waals surface area contributed by atoms with E-state index in [-0.39, 0.29) is 0 Å². The van der Waals surface area contributed by atoms with Crippen molar-refractivity contribution >= 4 is 50.1 Å². The number of fused-ring (bicyclic) bond motifs is 6. The van der Waals surface area contributed by atoms with Gasteiger partial charge in [0.15, 0.2) is 0 Å². The van der Waals surface area contributed by atoms with Gasteiger partial charge in [-0.3, -0.25) is 0 Å². The van der Waals surface area contributed by atoms with Crippen LogP contribution in [0.1, 0.15) is 29.5 Å². The number of rotatable bonds is 6. The number of hydrogen-bond acceptors (Lipinski definition) is 3. The predicted octanol–water partition coefficient (Wildman–Crippen LogP) is 14.3. The van der Waals surface area contributed by atoms with E-state index < -0.39 is 0 Å². The van der Waals surface area contributed by atoms with Crippen molar-refractivity contribution in [1.29, 1.82) is 5.41 Å². The molecule has 0 spiro atoms. The molecular weight excluding hydrogens is 659 g/mol. The number of nitrogens with one attached hydrogen (secondary N) is 1. The van der Waals surface area contributed by atoms with Crippen LogP contribution >= 0.6 is 0 Å². The van der Waals surface area contributed by atoms with Crippen LogP contribution in [-0.4, -0.2) is 6.21 Å². The Balaban J connectivity index is 0.000000231. The highest BCUT2D eigenvalue weighted by molar-refractivity contribution is 6.19. The van der Waals surface area contributed by atoms with E-state index >= 15 is 0 Å². The van der Waals surface area contributed by atoms with Gasteiger partial charge in [-0.05, 0) is 69.8 Å². The van der Waals surface area contributed by atoms with Crippen LogP contribution in [0.4, 0.5) is 0 Å². The first kappa shape index (κ1) is 32.9. The summed E-state index contributed by atoms with van der Waals surface area (Å²) < 4.78 is 12.9. The Hall–Kier alpha value is -6.97. The highest BCUT2D eigenvalue weighted by Gasteiger charge is 2.20. The molecular formula is C51H37NO2. The van der Waals surface area contributed by atoms with Crippen molar-refractivity contribution in [3.05, 3.63) is 205 Å². The van der Waals surface area contributed by atoms with Crippen molar-refractivity contribution in [1.82, 2.24) is 0 Å². The van der Waals surface area contributed by atoms with Gasteiger partial charge in [-0.1, -0.05) is 159 Å². The average Bonchev–Trinajstić information content (AvgIpc) is 3.83. The summed E-state index contributed by atoms with van der Waals surface area (Å²) in [6.07, 6.45) is 1.42. The maximum Gasteiger partial charge on any atom is 0.143 e. The second kappa shape index (κ2) is 14.2. The third kappa shape index (κ3) is 6.06. The summed E-state index contributed by atoms with van der Waals surface area (Å²) >= 11 is 0. The van der Waals surface area contributed by atoms with E-state index in [1.165, 1.54) is 17.3 Å². The molecule has 0 saturated carbocycles. The molecule has 10 aromatic rings. The topological polar surface area (TPSA) is 50.1 Å². The fourth-order valence-electron chi connectivity index (χ4n) is 7.55. The molecule has 54 heavy (non-hydrogen) atoms. The lowest BCUT2D eigenvalue weighted by Crippen LogP contribution is -1.94. The Morgan fingerprint density at radius 2 is 1.00 bits per heavy atom. The van der Waals surface area contributed by atoms with Crippen LogP contribution in [0.3, 0.4) is 0 Å². The van der Waals surface area contributed by atoms with Gasteiger partial charge in [0, 0.05) is 50.4 Å². The summed E-state index contributed by atoms with van der Waals surface area (Å²) in [5.41, 5.74) is 13.3. The molecule has 0 atom stereocenters. The van der Waals surface area contributed by atoms with Gasteiger partial charge in [0.25, 0.3) is 0 Å². The molecule has 1 N–H and O–H groups in total. The molecule has 2 heterocycles. The summed E-state index contributed by atoms with van der Waals surface area (Å²) in [6.45, 7) is 2.24. The quantitative estimate of drug-likeness (QED) is 0.176. The minimum atomic E-state index is 0.484. The molecule has 258 valence electrons. The molecule has 0 saturated heterocycles. The van der Waals surface area contributed by atoms with Crippen molar-refractivity contribution in [2.24, 2.45) is 0 Å². The summed E-state index contributed by atoms with van der Waals surface area (Å²) in [5, 5.41) is 12.4. The molecule has 2 aromatic heterocycles. The number of hydrogen-bond donors (Lipinski definition) is 1. The Morgan fingerprint density at radius 1 is 0.426 bits per heavy atom. The fraction of sp³-hybridized carbons (Fsp3) is 0.0392. The monoisotopic (exact) mass is 695 g/mol. The molecule has 0 amide bonds. The normalized spacial score (nSPS) is 11.3. The van der Waals surface area contributed by atoms with E-state index in [9.17, 15) is 0 Å². The second-order valence-corrected chi connectivity index (χ2v) is 13.6. The lowest BCUT2D eigenvalue weighted by atomic mass is 9.93. The highest BCUT2D eigenvalue weighted by Crippen LogP contribution is 2.44. The highest BCUT2D eigenvalue weighted by atomic mass is 16.3. The number of para-hydroxylation sites is 1. The lowest BCUT2D eigenvalue weighted by Gasteiger charge is -2.11. The minimum absolute atomic E-state index is 0.484. The van der Waals surface area contributed by atoms with Crippen LogP contribution in [0.25, 0.3) is 77.3 Å². The average molecular weight is 696 g/mol. The molecule has 8 aromatic carbocycles. The van der Waals surface area contributed by atoms with Crippen LogP contribution in [0.2, 0.25) is 0 Å². The van der Waals surface area contributed by atoms with Gasteiger partial charge in [-0.25, -0.2) is 0 Å². The van der Waals surface area contributed by atoms with Gasteiger partial charge in [0.1, 0.15) is 22.3 Å². The Morgan fingerprint density at radius 3 is 1.67 bits per heavy atom. The maximum absolute atomic E-state index is 8.25. The van der Waals surface area contributed by atoms with Crippen molar-refractivity contribution in [3.8, 4) is 33.4 Å². The van der Waals surface area contributed by atoms with Crippen LogP contribution in [0.15, 0.2) is 197 Å². The van der Waals surface area contributed by atoms with E-state index in [2.05, 4.69) is 153 Å². The summed E-state index contributed by atoms with van der Waals surface area (Å²) in [5.74, 6) is 0.484. The van der Waals surface area contributed by atoms with Gasteiger partial charge in [0.2, 0.25) is 0 Å². The molecule has 0 radical (unpaired) electrons. The summed E-state index contributed by atoms with van der Waals surface area (Å²) in [6, 6.07) is 64.9. The van der Waals surface area contributed by atoms with E-state index in [1.807, 2.05) is 42.5 Å². The molecule has 0 unspecified atom stereocenters. The van der Waals surface area contributed by atoms with E-state index in [1.54, 1.807) is 0 Å². The second-order valence-electron chi connectivity index (χ2n) is 13.6. The standard InChI is InChI=1S/C37H23NO2.C14H14/c38-22-26-15-17-28(25-16-18-34-31(19-25)29-13-7-8-14-33(29)39-34)37-35(26)32-21-27(23-9-3-1-4-10-23)20-30(36(32)40-37)24-11-5-2-6-12-24;1-12(13-8-4-2-5-9-13)14-10-6-3-7-11-14/h1-22,38H;2-12H,1H3. The van der Waals surface area contributed by atoms with Gasteiger partial charge in [0.05, 0.1) is 0 Å². The Labute approximate surface area is 314 Å². The Bertz CT molecular complexity index is 2850. The zero-order valence-electron chi connectivity index (χ0n) is 29.9. The molecule has 3 nitrogen and oxygen atoms in total. The van der Waals surface area contributed by atoms with Crippen molar-refractivity contribution < 1.29 is 8.83 Å². The first-order valence-electron chi connectivity index (χ1n) is 18.3. The van der Waals surface area contributed by atoms with Gasteiger partial charge in [-0.15, -0.1) is 0 Å². The number of furan rings is 2. The first-order valence-corrected chi connectivity index (χ1v) is 18.3. The van der Waals surface area contributed by atoms with Crippen LogP contribution < -0.4 is 0 Å². The maximum atomic E-state index is 8.25. The van der Waals surface area contributed by atoms with Crippen molar-refractivity contribution in [2.45, 2.75) is 12.8 Å². The zero-order valence-corrected chi connectivity index (χ0v) is 29.9. The third-order valence-electron chi connectivity index (χ3n) is 10.4. The molecule has 3 heteroatoms. The van der Waals surface area contributed by atoms with E-state index in [0.29, 0.717) is 5.92 Å². The summed E-state index contributed by atoms with van der Waals surface area (Å²) in [7, 11) is 0. The Kier molecular flexibility index (Phi) is 8.66. The molecule has 10 rings (SSSR count). The SMILES string of the molecule is CC(c1ccccc1)c1ccccc1.N=Cc1ccc(-c2ccc3oc4ccccc4c3c2)c2oc3c(-c4ccccc4)cc(-c4ccccc4)cc3c12. The largest absolute Gasteiger partial charge is 0.456 e. The molecule has 0 bridgehead atoms. The van der Waals surface area contributed by atoms with Crippen LogP contribution in [0, 0.1) is 5.41 Å². The predicted molar refractivity (Wildman–Crippen MR) is 226 cm³/mol. The molecule has 0 aliphatic rings. The zero-order chi connectivity index (χ0) is 36.4. The molecule has 0 fully saturated rings. The third-order valence-corrected chi connectivity index (χ3v) is 10.4. The van der Waals surface area contributed by atoms with Crippen molar-refractivity contribution in [2.75, 3.05) is 0 Å². The van der Waals surface area contributed by atoms with Gasteiger partial charge < -0.3 is 14.2 Å². The summed E-state index contributed by atoms with van der Waals surface area (Å²) in [4.78, 5) is 0. The smallest absolute Gasteiger partial charge is 0.143 e. The van der Waals surface area contributed by atoms with E-state index in [0.717, 1.165) is 82.8 Å². The van der Waals surface area contributed by atoms with Gasteiger partial charge >= 0.3 is 0 Å². The molecule has 0 aliphatic carbocycles. The fourth-order valence-corrected chi connectivity index (χ4v) is 7.55. The van der Waals surface area contributed by atoms with Crippen LogP contribution in [0.5, 0.6) is 0 Å². The van der Waals surface area contributed by atoms with E-state index in [4.69, 9.17) is 14.2 Å².